The molecule has 1 atom stereocenters. The van der Waals surface area contributed by atoms with Gasteiger partial charge in [-0.2, -0.15) is 0 Å². The number of carbonyl (C=O) groups is 2. The van der Waals surface area contributed by atoms with E-state index >= 15 is 0 Å². The zero-order valence-electron chi connectivity index (χ0n) is 12.7. The van der Waals surface area contributed by atoms with E-state index in [0.29, 0.717) is 5.02 Å². The van der Waals surface area contributed by atoms with Crippen LogP contribution >= 0.6 is 11.6 Å². The SMILES string of the molecule is CNC(=O)C(=O)NCC(c1ccco1)S(=O)(=O)c1ccc(Cl)cc1. The molecular weight excluding hydrogens is 356 g/mol. The second-order valence-corrected chi connectivity index (χ2v) is 7.36. The van der Waals surface area contributed by atoms with Crippen LogP contribution < -0.4 is 10.6 Å². The second kappa shape index (κ2) is 7.50. The van der Waals surface area contributed by atoms with E-state index in [0.717, 1.165) is 0 Å². The van der Waals surface area contributed by atoms with Gasteiger partial charge in [-0.15, -0.1) is 0 Å². The van der Waals surface area contributed by atoms with Gasteiger partial charge in [0.05, 0.1) is 11.2 Å². The van der Waals surface area contributed by atoms with Crippen molar-refractivity contribution in [2.75, 3.05) is 13.6 Å². The van der Waals surface area contributed by atoms with Crippen molar-refractivity contribution in [3.05, 3.63) is 53.4 Å². The normalized spacial score (nSPS) is 12.4. The van der Waals surface area contributed by atoms with E-state index in [2.05, 4.69) is 10.6 Å². The monoisotopic (exact) mass is 370 g/mol. The maximum Gasteiger partial charge on any atom is 0.309 e. The highest BCUT2D eigenvalue weighted by atomic mass is 35.5. The average molecular weight is 371 g/mol. The van der Waals surface area contributed by atoms with Crippen molar-refractivity contribution in [1.82, 2.24) is 10.6 Å². The first kappa shape index (κ1) is 18.0. The lowest BCUT2D eigenvalue weighted by Crippen LogP contribution is -2.40. The van der Waals surface area contributed by atoms with Crippen LogP contribution in [0.5, 0.6) is 0 Å². The summed E-state index contributed by atoms with van der Waals surface area (Å²) in [6.45, 7) is -0.315. The molecule has 1 heterocycles. The van der Waals surface area contributed by atoms with Crippen molar-refractivity contribution in [3.63, 3.8) is 0 Å². The summed E-state index contributed by atoms with van der Waals surface area (Å²) in [5.74, 6) is -1.64. The van der Waals surface area contributed by atoms with Crippen molar-refractivity contribution in [2.24, 2.45) is 0 Å². The third kappa shape index (κ3) is 3.95. The highest BCUT2D eigenvalue weighted by molar-refractivity contribution is 7.91. The van der Waals surface area contributed by atoms with Gasteiger partial charge in [-0.25, -0.2) is 8.42 Å². The first-order chi connectivity index (χ1) is 11.4. The molecule has 0 saturated carbocycles. The fourth-order valence-corrected chi connectivity index (χ4v) is 3.72. The number of nitrogens with one attached hydrogen (secondary N) is 2. The molecule has 2 aromatic rings. The molecule has 9 heteroatoms. The Labute approximate surface area is 143 Å². The number of hydrogen-bond acceptors (Lipinski definition) is 5. The minimum Gasteiger partial charge on any atom is -0.468 e. The number of furan rings is 1. The summed E-state index contributed by atoms with van der Waals surface area (Å²) in [6.07, 6.45) is 1.33. The lowest BCUT2D eigenvalue weighted by molar-refractivity contribution is -0.138. The van der Waals surface area contributed by atoms with Gasteiger partial charge in [0.25, 0.3) is 0 Å². The molecule has 0 fully saturated rings. The molecule has 0 radical (unpaired) electrons. The van der Waals surface area contributed by atoms with Crippen LogP contribution in [0, 0.1) is 0 Å². The third-order valence-corrected chi connectivity index (χ3v) is 5.59. The topological polar surface area (TPSA) is 105 Å². The maximum absolute atomic E-state index is 12.8. The summed E-state index contributed by atoms with van der Waals surface area (Å²) in [5.41, 5.74) is 0. The van der Waals surface area contributed by atoms with Gasteiger partial charge in [-0.05, 0) is 36.4 Å². The van der Waals surface area contributed by atoms with Crippen LogP contribution in [-0.4, -0.2) is 33.8 Å². The Morgan fingerprint density at radius 1 is 1.17 bits per heavy atom. The summed E-state index contributed by atoms with van der Waals surface area (Å²) < 4.78 is 30.9. The molecule has 24 heavy (non-hydrogen) atoms. The zero-order chi connectivity index (χ0) is 17.7. The largest absolute Gasteiger partial charge is 0.468 e. The Morgan fingerprint density at radius 3 is 2.38 bits per heavy atom. The van der Waals surface area contributed by atoms with Gasteiger partial charge >= 0.3 is 11.8 Å². The highest BCUT2D eigenvalue weighted by Crippen LogP contribution is 2.29. The molecule has 2 rings (SSSR count). The number of benzene rings is 1. The third-order valence-electron chi connectivity index (χ3n) is 3.26. The first-order valence-electron chi connectivity index (χ1n) is 6.89. The Kier molecular flexibility index (Phi) is 5.63. The Balaban J connectivity index is 2.31. The molecule has 0 aliphatic rings. The Morgan fingerprint density at radius 2 is 1.83 bits per heavy atom. The number of hydrogen-bond donors (Lipinski definition) is 2. The number of sulfone groups is 1. The zero-order valence-corrected chi connectivity index (χ0v) is 14.2. The van der Waals surface area contributed by atoms with Crippen molar-refractivity contribution in [2.45, 2.75) is 10.1 Å². The number of halogens is 1. The van der Waals surface area contributed by atoms with Crippen molar-refractivity contribution in [3.8, 4) is 0 Å². The van der Waals surface area contributed by atoms with E-state index in [4.69, 9.17) is 16.0 Å². The summed E-state index contributed by atoms with van der Waals surface area (Å²) in [4.78, 5) is 22.9. The van der Waals surface area contributed by atoms with E-state index in [1.807, 2.05) is 0 Å². The summed E-state index contributed by atoms with van der Waals surface area (Å²) in [7, 11) is -2.57. The molecule has 0 spiro atoms. The number of rotatable bonds is 5. The van der Waals surface area contributed by atoms with Crippen molar-refractivity contribution >= 4 is 33.3 Å². The van der Waals surface area contributed by atoms with Gasteiger partial charge in [0.15, 0.2) is 9.84 Å². The van der Waals surface area contributed by atoms with E-state index in [9.17, 15) is 18.0 Å². The van der Waals surface area contributed by atoms with Crippen LogP contribution in [0.3, 0.4) is 0 Å². The van der Waals surface area contributed by atoms with E-state index in [-0.39, 0.29) is 17.2 Å². The fraction of sp³-hybridized carbons (Fsp3) is 0.200. The molecule has 1 aromatic carbocycles. The van der Waals surface area contributed by atoms with E-state index in [1.165, 1.54) is 43.6 Å². The van der Waals surface area contributed by atoms with Crippen LogP contribution in [0.2, 0.25) is 5.02 Å². The lowest BCUT2D eigenvalue weighted by Gasteiger charge is -2.16. The predicted molar refractivity (Wildman–Crippen MR) is 87.2 cm³/mol. The van der Waals surface area contributed by atoms with Gasteiger partial charge in [0.1, 0.15) is 11.0 Å². The maximum atomic E-state index is 12.8. The molecule has 0 bridgehead atoms. The molecule has 1 unspecified atom stereocenters. The van der Waals surface area contributed by atoms with Crippen LogP contribution in [-0.2, 0) is 19.4 Å². The summed E-state index contributed by atoms with van der Waals surface area (Å²) in [6, 6.07) is 8.68. The highest BCUT2D eigenvalue weighted by Gasteiger charge is 2.32. The summed E-state index contributed by atoms with van der Waals surface area (Å²) >= 11 is 5.78. The number of amides is 2. The quantitative estimate of drug-likeness (QED) is 0.772. The van der Waals surface area contributed by atoms with Crippen LogP contribution in [0.15, 0.2) is 52.0 Å². The van der Waals surface area contributed by atoms with Crippen LogP contribution in [0.4, 0.5) is 0 Å². The molecule has 0 aliphatic carbocycles. The number of likely N-dealkylation sites (N-methyl/N-ethyl adjacent to an activating group) is 1. The lowest BCUT2D eigenvalue weighted by atomic mass is 10.3. The molecule has 0 saturated heterocycles. The molecular formula is C15H15ClN2O5S. The predicted octanol–water partition coefficient (Wildman–Crippen LogP) is 1.31. The van der Waals surface area contributed by atoms with Crippen molar-refractivity contribution < 1.29 is 22.4 Å². The van der Waals surface area contributed by atoms with Gasteiger partial charge in [-0.3, -0.25) is 9.59 Å². The Hall–Kier alpha value is -2.32. The molecule has 128 valence electrons. The van der Waals surface area contributed by atoms with Crippen LogP contribution in [0.1, 0.15) is 11.0 Å². The minimum atomic E-state index is -3.87. The first-order valence-corrected chi connectivity index (χ1v) is 8.81. The summed E-state index contributed by atoms with van der Waals surface area (Å²) in [5, 5.41) is 3.68. The smallest absolute Gasteiger partial charge is 0.309 e. The van der Waals surface area contributed by atoms with Crippen molar-refractivity contribution in [1.29, 1.82) is 0 Å². The molecule has 1 aromatic heterocycles. The van der Waals surface area contributed by atoms with E-state index in [1.54, 1.807) is 6.07 Å². The Bertz CT molecular complexity index is 816. The van der Waals surface area contributed by atoms with Gasteiger partial charge in [0.2, 0.25) is 0 Å². The fourth-order valence-electron chi connectivity index (χ4n) is 2.01. The molecule has 7 nitrogen and oxygen atoms in total. The molecule has 0 aliphatic heterocycles. The van der Waals surface area contributed by atoms with Gasteiger partial charge in [-0.1, -0.05) is 11.6 Å². The minimum absolute atomic E-state index is 0.0301. The molecule has 2 N–H and O–H groups in total. The standard InChI is InChI=1S/C15H15ClN2O5S/c1-17-14(19)15(20)18-9-13(12-3-2-8-23-12)24(21,22)11-6-4-10(16)5-7-11/h2-8,13H,9H2,1H3,(H,17,19)(H,18,20). The average Bonchev–Trinajstić information content (AvgIpc) is 3.08. The van der Waals surface area contributed by atoms with E-state index < -0.39 is 26.9 Å². The van der Waals surface area contributed by atoms with Gasteiger partial charge in [0, 0.05) is 18.6 Å². The number of carbonyl (C=O) groups excluding carboxylic acids is 2. The van der Waals surface area contributed by atoms with Crippen LogP contribution in [0.25, 0.3) is 0 Å². The molecule has 2 amide bonds. The van der Waals surface area contributed by atoms with Gasteiger partial charge < -0.3 is 15.1 Å². The second-order valence-electron chi connectivity index (χ2n) is 4.79.